The van der Waals surface area contributed by atoms with Crippen molar-refractivity contribution in [1.29, 1.82) is 0 Å². The normalized spacial score (nSPS) is 11.3. The number of ether oxygens (including phenoxy) is 2. The summed E-state index contributed by atoms with van der Waals surface area (Å²) in [6, 6.07) is 0.326. The first-order valence-electron chi connectivity index (χ1n) is 5.99. The third kappa shape index (κ3) is 4.88. The highest BCUT2D eigenvalue weighted by Gasteiger charge is 2.24. The van der Waals surface area contributed by atoms with Gasteiger partial charge < -0.3 is 9.47 Å². The van der Waals surface area contributed by atoms with Gasteiger partial charge in [-0.25, -0.2) is 13.6 Å². The molecule has 0 saturated carbocycles. The van der Waals surface area contributed by atoms with E-state index in [-0.39, 0.29) is 6.61 Å². The van der Waals surface area contributed by atoms with Crippen LogP contribution in [0.5, 0.6) is 5.75 Å². The van der Waals surface area contributed by atoms with E-state index >= 15 is 0 Å². The molecule has 1 rings (SSSR count). The van der Waals surface area contributed by atoms with Crippen molar-refractivity contribution in [3.63, 3.8) is 0 Å². The molecule has 0 aliphatic rings. The summed E-state index contributed by atoms with van der Waals surface area (Å²) < 4.78 is 75.3. The van der Waals surface area contributed by atoms with Crippen LogP contribution in [0.2, 0.25) is 0 Å². The molecule has 1 aromatic rings. The number of halogens is 3. The van der Waals surface area contributed by atoms with E-state index in [0.29, 0.717) is 6.07 Å². The van der Waals surface area contributed by atoms with E-state index in [1.807, 2.05) is 0 Å². The fourth-order valence-electron chi connectivity index (χ4n) is 1.40. The molecule has 0 heterocycles. The maximum atomic E-state index is 13.9. The Morgan fingerprint density at radius 2 is 1.82 bits per heavy atom. The summed E-state index contributed by atoms with van der Waals surface area (Å²) >= 11 is 0. The maximum absolute atomic E-state index is 13.9. The summed E-state index contributed by atoms with van der Waals surface area (Å²) in [7, 11) is -3.72. The van der Waals surface area contributed by atoms with E-state index in [4.69, 9.17) is 0 Å². The van der Waals surface area contributed by atoms with Gasteiger partial charge in [-0.1, -0.05) is 0 Å². The Hall–Kier alpha value is -1.81. The monoisotopic (exact) mass is 342 g/mol. The second-order valence-corrected chi connectivity index (χ2v) is 5.60. The van der Waals surface area contributed by atoms with Crippen LogP contribution in [0.4, 0.5) is 13.2 Å². The van der Waals surface area contributed by atoms with Crippen LogP contribution >= 0.6 is 0 Å². The van der Waals surface area contributed by atoms with Crippen LogP contribution in [0.25, 0.3) is 0 Å². The van der Waals surface area contributed by atoms with E-state index in [1.54, 1.807) is 0 Å². The van der Waals surface area contributed by atoms with E-state index < -0.39 is 58.1 Å². The zero-order valence-corrected chi connectivity index (χ0v) is 12.5. The van der Waals surface area contributed by atoms with Crippen LogP contribution in [-0.4, -0.2) is 40.5 Å². The van der Waals surface area contributed by atoms with Crippen molar-refractivity contribution >= 4 is 16.1 Å². The van der Waals surface area contributed by atoms with Gasteiger partial charge in [-0.2, -0.15) is 12.8 Å². The van der Waals surface area contributed by atoms with Gasteiger partial charge in [0.25, 0.3) is 10.1 Å². The van der Waals surface area contributed by atoms with Crippen LogP contribution in [0, 0.1) is 17.5 Å². The molecule has 6 nitrogen and oxygen atoms in total. The minimum Gasteiger partial charge on any atom is -0.488 e. The second kappa shape index (κ2) is 7.45. The van der Waals surface area contributed by atoms with Crippen molar-refractivity contribution in [2.24, 2.45) is 0 Å². The smallest absolute Gasteiger partial charge is 0.341 e. The van der Waals surface area contributed by atoms with Crippen molar-refractivity contribution in [2.45, 2.75) is 6.92 Å². The molecule has 0 aromatic heterocycles. The maximum Gasteiger partial charge on any atom is 0.341 e. The number of hydrogen-bond acceptors (Lipinski definition) is 6. The number of hydrogen-bond donors (Lipinski definition) is 0. The molecule has 0 atom stereocenters. The molecule has 10 heteroatoms. The predicted molar refractivity (Wildman–Crippen MR) is 68.6 cm³/mol. The van der Waals surface area contributed by atoms with Crippen LogP contribution < -0.4 is 4.74 Å². The van der Waals surface area contributed by atoms with Gasteiger partial charge in [-0.3, -0.25) is 4.18 Å². The van der Waals surface area contributed by atoms with Crippen LogP contribution in [0.15, 0.2) is 6.07 Å². The van der Waals surface area contributed by atoms with Gasteiger partial charge in [-0.05, 0) is 13.0 Å². The van der Waals surface area contributed by atoms with E-state index in [2.05, 4.69) is 13.7 Å². The summed E-state index contributed by atoms with van der Waals surface area (Å²) in [5.74, 6) is -6.79. The van der Waals surface area contributed by atoms with E-state index in [0.717, 1.165) is 6.26 Å². The minimum atomic E-state index is -3.72. The fourth-order valence-corrected chi connectivity index (χ4v) is 1.77. The summed E-state index contributed by atoms with van der Waals surface area (Å²) in [6.07, 6.45) is 0.790. The third-order valence-electron chi connectivity index (χ3n) is 2.24. The SMILES string of the molecule is CCOc1c(F)c(F)cc(C(=O)OCCOS(C)(=O)=O)c1F. The van der Waals surface area contributed by atoms with Crippen molar-refractivity contribution in [3.05, 3.63) is 29.1 Å². The van der Waals surface area contributed by atoms with Gasteiger partial charge in [0, 0.05) is 0 Å². The molecule has 124 valence electrons. The number of esters is 1. The number of carbonyl (C=O) groups excluding carboxylic acids is 1. The lowest BCUT2D eigenvalue weighted by Crippen LogP contribution is -2.15. The van der Waals surface area contributed by atoms with Gasteiger partial charge in [-0.15, -0.1) is 0 Å². The first-order chi connectivity index (χ1) is 10.2. The lowest BCUT2D eigenvalue weighted by molar-refractivity contribution is 0.0446. The molecule has 22 heavy (non-hydrogen) atoms. The molecule has 0 aliphatic carbocycles. The first-order valence-corrected chi connectivity index (χ1v) is 7.80. The standard InChI is InChI=1S/C12H13F3O6S/c1-3-19-11-9(14)7(6-8(13)10(11)15)12(16)20-4-5-21-22(2,17)18/h6H,3-5H2,1-2H3. The average Bonchev–Trinajstić information content (AvgIpc) is 2.42. The molecule has 0 bridgehead atoms. The van der Waals surface area contributed by atoms with Gasteiger partial charge in [0.1, 0.15) is 18.8 Å². The molecule has 0 aliphatic heterocycles. The molecule has 0 spiro atoms. The fraction of sp³-hybridized carbons (Fsp3) is 0.417. The Balaban J connectivity index is 2.85. The summed E-state index contributed by atoms with van der Waals surface area (Å²) in [5.41, 5.74) is -0.873. The van der Waals surface area contributed by atoms with E-state index in [1.165, 1.54) is 6.92 Å². The topological polar surface area (TPSA) is 78.9 Å². The molecule has 0 amide bonds. The van der Waals surface area contributed by atoms with Crippen LogP contribution in [0.1, 0.15) is 17.3 Å². The van der Waals surface area contributed by atoms with Gasteiger partial charge in [0.05, 0.1) is 12.9 Å². The number of benzene rings is 1. The molecule has 0 N–H and O–H groups in total. The average molecular weight is 342 g/mol. The summed E-state index contributed by atoms with van der Waals surface area (Å²) in [5, 5.41) is 0. The Labute approximate surface area is 124 Å². The Bertz CT molecular complexity index is 659. The highest BCUT2D eigenvalue weighted by Crippen LogP contribution is 2.27. The number of carbonyl (C=O) groups is 1. The van der Waals surface area contributed by atoms with Crippen molar-refractivity contribution < 1.29 is 40.0 Å². The number of rotatable bonds is 7. The predicted octanol–water partition coefficient (Wildman–Crippen LogP) is 1.64. The molecular formula is C12H13F3O6S. The zero-order valence-electron chi connectivity index (χ0n) is 11.7. The second-order valence-electron chi connectivity index (χ2n) is 3.96. The molecule has 1 aromatic carbocycles. The van der Waals surface area contributed by atoms with Crippen molar-refractivity contribution in [3.8, 4) is 5.75 Å². The lowest BCUT2D eigenvalue weighted by Gasteiger charge is -2.10. The molecular weight excluding hydrogens is 329 g/mol. The van der Waals surface area contributed by atoms with Crippen molar-refractivity contribution in [1.82, 2.24) is 0 Å². The quantitative estimate of drug-likeness (QED) is 0.324. The Morgan fingerprint density at radius 3 is 2.36 bits per heavy atom. The Kier molecular flexibility index (Phi) is 6.18. The summed E-state index contributed by atoms with van der Waals surface area (Å²) in [6.45, 7) is 0.265. The van der Waals surface area contributed by atoms with Gasteiger partial charge in [0.2, 0.25) is 5.82 Å². The molecule has 0 radical (unpaired) electrons. The highest BCUT2D eigenvalue weighted by molar-refractivity contribution is 7.85. The van der Waals surface area contributed by atoms with Gasteiger partial charge in [0.15, 0.2) is 17.4 Å². The first kappa shape index (κ1) is 18.2. The van der Waals surface area contributed by atoms with E-state index in [9.17, 15) is 26.4 Å². The van der Waals surface area contributed by atoms with Crippen molar-refractivity contribution in [2.75, 3.05) is 26.1 Å². The lowest BCUT2D eigenvalue weighted by atomic mass is 10.2. The largest absolute Gasteiger partial charge is 0.488 e. The molecule has 0 saturated heterocycles. The summed E-state index contributed by atoms with van der Waals surface area (Å²) in [4.78, 5) is 11.6. The zero-order chi connectivity index (χ0) is 16.9. The van der Waals surface area contributed by atoms with Gasteiger partial charge >= 0.3 is 5.97 Å². The minimum absolute atomic E-state index is 0.145. The molecule has 0 unspecified atom stereocenters. The Morgan fingerprint density at radius 1 is 1.18 bits per heavy atom. The van der Waals surface area contributed by atoms with Crippen LogP contribution in [0.3, 0.4) is 0 Å². The molecule has 0 fully saturated rings. The highest BCUT2D eigenvalue weighted by atomic mass is 32.2. The third-order valence-corrected chi connectivity index (χ3v) is 2.83. The van der Waals surface area contributed by atoms with Crippen LogP contribution in [-0.2, 0) is 19.0 Å².